The standard InChI is InChI=1S/C14H21N3O.HI/c1-3-18-11-13-7-5-4-6-12(13)10-16-14-15-8-9-17(14)2;/h4-7H,3,8-11H2,1-2H3,(H,15,16);1H. The monoisotopic (exact) mass is 375 g/mol. The quantitative estimate of drug-likeness (QED) is 0.803. The first-order valence-corrected chi connectivity index (χ1v) is 6.45. The van der Waals surface area contributed by atoms with Crippen LogP contribution in [0, 0.1) is 0 Å². The molecule has 0 saturated heterocycles. The summed E-state index contributed by atoms with van der Waals surface area (Å²) in [6, 6.07) is 8.37. The van der Waals surface area contributed by atoms with Gasteiger partial charge in [0, 0.05) is 26.7 Å². The molecule has 0 atom stereocenters. The summed E-state index contributed by atoms with van der Waals surface area (Å²) >= 11 is 0. The number of rotatable bonds is 5. The summed E-state index contributed by atoms with van der Waals surface area (Å²) in [5.74, 6) is 0.987. The molecule has 0 unspecified atom stereocenters. The lowest BCUT2D eigenvalue weighted by molar-refractivity contribution is 0.133. The minimum atomic E-state index is 0. The van der Waals surface area contributed by atoms with Crippen LogP contribution in [0.2, 0.25) is 0 Å². The summed E-state index contributed by atoms with van der Waals surface area (Å²) < 4.78 is 5.48. The average molecular weight is 375 g/mol. The van der Waals surface area contributed by atoms with Crippen molar-refractivity contribution in [2.45, 2.75) is 20.1 Å². The molecule has 0 amide bonds. The van der Waals surface area contributed by atoms with E-state index in [1.165, 1.54) is 11.1 Å². The number of benzene rings is 1. The topological polar surface area (TPSA) is 36.9 Å². The lowest BCUT2D eigenvalue weighted by Crippen LogP contribution is -2.35. The van der Waals surface area contributed by atoms with Gasteiger partial charge in [0.2, 0.25) is 0 Å². The molecule has 0 saturated carbocycles. The highest BCUT2D eigenvalue weighted by Crippen LogP contribution is 2.10. The molecule has 0 bridgehead atoms. The van der Waals surface area contributed by atoms with Crippen LogP contribution in [0.25, 0.3) is 0 Å². The second-order valence-electron chi connectivity index (χ2n) is 4.39. The molecule has 0 radical (unpaired) electrons. The zero-order valence-corrected chi connectivity index (χ0v) is 13.9. The van der Waals surface area contributed by atoms with Crippen LogP contribution in [-0.2, 0) is 17.9 Å². The van der Waals surface area contributed by atoms with E-state index in [0.29, 0.717) is 6.61 Å². The Morgan fingerprint density at radius 2 is 2.05 bits per heavy atom. The first-order chi connectivity index (χ1) is 8.81. The zero-order valence-electron chi connectivity index (χ0n) is 11.6. The van der Waals surface area contributed by atoms with E-state index in [9.17, 15) is 0 Å². The van der Waals surface area contributed by atoms with E-state index >= 15 is 0 Å². The van der Waals surface area contributed by atoms with Crippen molar-refractivity contribution < 1.29 is 4.74 Å². The Morgan fingerprint density at radius 1 is 1.32 bits per heavy atom. The predicted molar refractivity (Wildman–Crippen MR) is 89.0 cm³/mol. The van der Waals surface area contributed by atoms with Crippen LogP contribution in [0.15, 0.2) is 29.3 Å². The highest BCUT2D eigenvalue weighted by atomic mass is 127. The largest absolute Gasteiger partial charge is 0.377 e. The Morgan fingerprint density at radius 3 is 2.68 bits per heavy atom. The summed E-state index contributed by atoms with van der Waals surface area (Å²) in [6.07, 6.45) is 0. The van der Waals surface area contributed by atoms with Gasteiger partial charge in [-0.05, 0) is 18.1 Å². The molecule has 1 aliphatic heterocycles. The Labute approximate surface area is 132 Å². The second kappa shape index (κ2) is 8.37. The van der Waals surface area contributed by atoms with Gasteiger partial charge in [-0.15, -0.1) is 24.0 Å². The smallest absolute Gasteiger partial charge is 0.194 e. The highest BCUT2D eigenvalue weighted by Gasteiger charge is 2.12. The number of halogens is 1. The SMILES string of the molecule is CCOCc1ccccc1CNC1=NCCN1C.I. The number of likely N-dealkylation sites (N-methyl/N-ethyl adjacent to an activating group) is 1. The molecule has 0 aromatic heterocycles. The van der Waals surface area contributed by atoms with Gasteiger partial charge in [-0.1, -0.05) is 24.3 Å². The molecule has 0 aliphatic carbocycles. The van der Waals surface area contributed by atoms with Gasteiger partial charge in [0.05, 0.1) is 13.2 Å². The second-order valence-corrected chi connectivity index (χ2v) is 4.39. The van der Waals surface area contributed by atoms with Crippen molar-refractivity contribution in [3.05, 3.63) is 35.4 Å². The molecule has 1 heterocycles. The fraction of sp³-hybridized carbons (Fsp3) is 0.500. The number of hydrogen-bond donors (Lipinski definition) is 1. The predicted octanol–water partition coefficient (Wildman–Crippen LogP) is 2.23. The molecule has 1 aromatic carbocycles. The van der Waals surface area contributed by atoms with Gasteiger partial charge in [0.15, 0.2) is 5.96 Å². The van der Waals surface area contributed by atoms with E-state index in [1.807, 2.05) is 6.92 Å². The van der Waals surface area contributed by atoms with Crippen molar-refractivity contribution in [1.82, 2.24) is 10.2 Å². The lowest BCUT2D eigenvalue weighted by Gasteiger charge is -2.16. The van der Waals surface area contributed by atoms with E-state index in [1.54, 1.807) is 0 Å². The molecule has 19 heavy (non-hydrogen) atoms. The van der Waals surface area contributed by atoms with Gasteiger partial charge in [-0.25, -0.2) is 0 Å². The van der Waals surface area contributed by atoms with E-state index in [4.69, 9.17) is 4.74 Å². The van der Waals surface area contributed by atoms with Gasteiger partial charge >= 0.3 is 0 Å². The maximum Gasteiger partial charge on any atom is 0.194 e. The number of aliphatic imine (C=N–C) groups is 1. The minimum Gasteiger partial charge on any atom is -0.377 e. The van der Waals surface area contributed by atoms with Crippen LogP contribution >= 0.6 is 24.0 Å². The summed E-state index contributed by atoms with van der Waals surface area (Å²) in [6.45, 7) is 6.13. The maximum atomic E-state index is 5.48. The average Bonchev–Trinajstić information content (AvgIpc) is 2.80. The van der Waals surface area contributed by atoms with E-state index < -0.39 is 0 Å². The number of guanidine groups is 1. The van der Waals surface area contributed by atoms with E-state index in [0.717, 1.165) is 32.2 Å². The summed E-state index contributed by atoms with van der Waals surface area (Å²) in [7, 11) is 2.06. The summed E-state index contributed by atoms with van der Waals surface area (Å²) in [5, 5.41) is 3.38. The molecular weight excluding hydrogens is 353 g/mol. The fourth-order valence-electron chi connectivity index (χ4n) is 1.98. The molecule has 106 valence electrons. The molecular formula is C14H22IN3O. The maximum absolute atomic E-state index is 5.48. The third-order valence-electron chi connectivity index (χ3n) is 3.08. The van der Waals surface area contributed by atoms with Crippen molar-refractivity contribution in [2.75, 3.05) is 26.7 Å². The van der Waals surface area contributed by atoms with Gasteiger partial charge in [0.1, 0.15) is 0 Å². The third kappa shape index (κ3) is 4.65. The molecule has 5 heteroatoms. The molecule has 1 aliphatic rings. The molecule has 1 aromatic rings. The lowest BCUT2D eigenvalue weighted by atomic mass is 10.1. The van der Waals surface area contributed by atoms with Crippen molar-refractivity contribution >= 4 is 29.9 Å². The van der Waals surface area contributed by atoms with Crippen LogP contribution in [0.1, 0.15) is 18.1 Å². The van der Waals surface area contributed by atoms with Crippen LogP contribution in [0.5, 0.6) is 0 Å². The number of nitrogens with zero attached hydrogens (tertiary/aromatic N) is 2. The molecule has 4 nitrogen and oxygen atoms in total. The zero-order chi connectivity index (χ0) is 12.8. The van der Waals surface area contributed by atoms with Crippen LogP contribution in [0.4, 0.5) is 0 Å². The van der Waals surface area contributed by atoms with Gasteiger partial charge in [0.25, 0.3) is 0 Å². The molecule has 0 fully saturated rings. The first kappa shape index (κ1) is 16.2. The van der Waals surface area contributed by atoms with Crippen molar-refractivity contribution in [3.8, 4) is 0 Å². The number of nitrogens with one attached hydrogen (secondary N) is 1. The van der Waals surface area contributed by atoms with E-state index in [2.05, 4.69) is 46.5 Å². The van der Waals surface area contributed by atoms with Crippen LogP contribution in [0.3, 0.4) is 0 Å². The van der Waals surface area contributed by atoms with Crippen molar-refractivity contribution in [1.29, 1.82) is 0 Å². The Balaban J connectivity index is 0.00000180. The van der Waals surface area contributed by atoms with Gasteiger partial charge in [-0.3, -0.25) is 4.99 Å². The number of hydrogen-bond acceptors (Lipinski definition) is 4. The van der Waals surface area contributed by atoms with Gasteiger partial charge < -0.3 is 15.0 Å². The van der Waals surface area contributed by atoms with Crippen LogP contribution < -0.4 is 5.32 Å². The summed E-state index contributed by atoms with van der Waals surface area (Å²) in [5.41, 5.74) is 2.52. The highest BCUT2D eigenvalue weighted by molar-refractivity contribution is 14.0. The Kier molecular flexibility index (Phi) is 7.15. The number of ether oxygens (including phenoxy) is 1. The molecule has 1 N–H and O–H groups in total. The molecule has 2 rings (SSSR count). The van der Waals surface area contributed by atoms with E-state index in [-0.39, 0.29) is 24.0 Å². The van der Waals surface area contributed by atoms with Crippen LogP contribution in [-0.4, -0.2) is 37.6 Å². The minimum absolute atomic E-state index is 0. The summed E-state index contributed by atoms with van der Waals surface area (Å²) in [4.78, 5) is 6.57. The molecule has 0 spiro atoms. The first-order valence-electron chi connectivity index (χ1n) is 6.45. The Hall–Kier alpha value is -0.820. The van der Waals surface area contributed by atoms with Gasteiger partial charge in [-0.2, -0.15) is 0 Å². The fourth-order valence-corrected chi connectivity index (χ4v) is 1.98. The third-order valence-corrected chi connectivity index (χ3v) is 3.08. The van der Waals surface area contributed by atoms with Crippen molar-refractivity contribution in [3.63, 3.8) is 0 Å². The van der Waals surface area contributed by atoms with Crippen molar-refractivity contribution in [2.24, 2.45) is 4.99 Å². The Bertz CT molecular complexity index is 423. The normalized spacial score (nSPS) is 14.0.